The summed E-state index contributed by atoms with van der Waals surface area (Å²) in [6.45, 7) is 7.39. The van der Waals surface area contributed by atoms with E-state index < -0.39 is 0 Å². The second-order valence-electron chi connectivity index (χ2n) is 8.14. The Morgan fingerprint density at radius 2 is 1.70 bits per heavy atom. The van der Waals surface area contributed by atoms with E-state index in [1.54, 1.807) is 0 Å². The first-order valence-electron chi connectivity index (χ1n) is 10.5. The van der Waals surface area contributed by atoms with E-state index in [2.05, 4.69) is 73.9 Å². The van der Waals surface area contributed by atoms with Gasteiger partial charge in [-0.05, 0) is 41.5 Å². The number of benzene rings is 2. The molecular weight excluding hydrogens is 440 g/mol. The Kier molecular flexibility index (Phi) is 6.56. The molecule has 0 aliphatic carbocycles. The number of carbonyl (C=O) groups excluding carboxylic acids is 1. The van der Waals surface area contributed by atoms with Gasteiger partial charge in [-0.1, -0.05) is 48.5 Å². The Morgan fingerprint density at radius 1 is 1.03 bits per heavy atom. The summed E-state index contributed by atoms with van der Waals surface area (Å²) in [5.74, 6) is 0.0364. The maximum atomic E-state index is 13.1. The normalized spacial score (nSPS) is 16.6. The van der Waals surface area contributed by atoms with E-state index in [0.29, 0.717) is 6.54 Å². The Bertz CT molecular complexity index is 1010. The van der Waals surface area contributed by atoms with Crippen molar-refractivity contribution in [1.82, 2.24) is 19.7 Å². The zero-order chi connectivity index (χ0) is 21.1. The van der Waals surface area contributed by atoms with Gasteiger partial charge in [0.05, 0.1) is 6.04 Å². The van der Waals surface area contributed by atoms with Crippen LogP contribution in [0.1, 0.15) is 17.3 Å². The summed E-state index contributed by atoms with van der Waals surface area (Å²) < 4.78 is 3.15. The minimum Gasteiger partial charge on any atom is -0.346 e. The standard InChI is InChI=1S/C24H29BrN4O/c1-18-24(25)20-10-6-7-11-22(20)29(18)17-23(30)26-21(19-8-4-3-5-9-19)16-28-14-12-27(2)13-15-28/h3-11,21H,12-17H2,1-2H3,(H,26,30). The molecule has 1 fully saturated rings. The predicted molar refractivity (Wildman–Crippen MR) is 126 cm³/mol. The number of aromatic nitrogens is 1. The fourth-order valence-corrected chi connectivity index (χ4v) is 4.73. The zero-order valence-electron chi connectivity index (χ0n) is 17.6. The van der Waals surface area contributed by atoms with Crippen LogP contribution < -0.4 is 5.32 Å². The van der Waals surface area contributed by atoms with Gasteiger partial charge in [0.2, 0.25) is 5.91 Å². The lowest BCUT2D eigenvalue weighted by Gasteiger charge is -2.35. The molecule has 0 saturated carbocycles. The van der Waals surface area contributed by atoms with Crippen molar-refractivity contribution >= 4 is 32.7 Å². The van der Waals surface area contributed by atoms with Gasteiger partial charge >= 0.3 is 0 Å². The number of rotatable bonds is 6. The molecule has 4 rings (SSSR count). The van der Waals surface area contributed by atoms with Crippen molar-refractivity contribution in [2.24, 2.45) is 0 Å². The fraction of sp³-hybridized carbons (Fsp3) is 0.375. The Hall–Kier alpha value is -2.15. The second-order valence-corrected chi connectivity index (χ2v) is 8.93. The maximum absolute atomic E-state index is 13.1. The summed E-state index contributed by atoms with van der Waals surface area (Å²) in [5.41, 5.74) is 3.30. The third kappa shape index (κ3) is 4.61. The van der Waals surface area contributed by atoms with E-state index in [9.17, 15) is 4.79 Å². The zero-order valence-corrected chi connectivity index (χ0v) is 19.2. The molecule has 1 aliphatic rings. The first-order valence-corrected chi connectivity index (χ1v) is 11.3. The average molecular weight is 469 g/mol. The van der Waals surface area contributed by atoms with Crippen LogP contribution in [-0.4, -0.2) is 60.0 Å². The topological polar surface area (TPSA) is 40.5 Å². The van der Waals surface area contributed by atoms with Crippen LogP contribution in [0.4, 0.5) is 0 Å². The Labute approximate surface area is 186 Å². The molecule has 2 heterocycles. The molecule has 5 nitrogen and oxygen atoms in total. The number of piperazine rings is 1. The van der Waals surface area contributed by atoms with E-state index in [-0.39, 0.29) is 11.9 Å². The lowest BCUT2D eigenvalue weighted by Crippen LogP contribution is -2.48. The van der Waals surface area contributed by atoms with Gasteiger partial charge in [0, 0.05) is 53.8 Å². The molecule has 2 aromatic carbocycles. The van der Waals surface area contributed by atoms with E-state index in [1.807, 2.05) is 30.3 Å². The minimum absolute atomic E-state index is 0.0207. The molecule has 1 atom stereocenters. The van der Waals surface area contributed by atoms with Crippen LogP contribution >= 0.6 is 15.9 Å². The van der Waals surface area contributed by atoms with Crippen molar-refractivity contribution in [2.75, 3.05) is 39.8 Å². The number of hydrogen-bond donors (Lipinski definition) is 1. The minimum atomic E-state index is -0.0207. The quantitative estimate of drug-likeness (QED) is 0.597. The highest BCUT2D eigenvalue weighted by atomic mass is 79.9. The van der Waals surface area contributed by atoms with E-state index >= 15 is 0 Å². The highest BCUT2D eigenvalue weighted by Crippen LogP contribution is 2.30. The van der Waals surface area contributed by atoms with Gasteiger partial charge in [0.15, 0.2) is 0 Å². The summed E-state index contributed by atoms with van der Waals surface area (Å²) in [7, 11) is 2.16. The third-order valence-electron chi connectivity index (χ3n) is 6.03. The van der Waals surface area contributed by atoms with Crippen LogP contribution in [0.15, 0.2) is 59.1 Å². The molecule has 6 heteroatoms. The van der Waals surface area contributed by atoms with Crippen LogP contribution in [0.25, 0.3) is 10.9 Å². The number of likely N-dealkylation sites (N-methyl/N-ethyl adjacent to an activating group) is 1. The number of hydrogen-bond acceptors (Lipinski definition) is 3. The molecule has 0 spiro atoms. The van der Waals surface area contributed by atoms with Crippen molar-refractivity contribution in [2.45, 2.75) is 19.5 Å². The summed E-state index contributed by atoms with van der Waals surface area (Å²) in [6, 6.07) is 18.5. The number of amides is 1. The molecule has 1 N–H and O–H groups in total. The molecule has 1 aliphatic heterocycles. The summed E-state index contributed by atoms with van der Waals surface area (Å²) in [5, 5.41) is 4.45. The monoisotopic (exact) mass is 468 g/mol. The van der Waals surface area contributed by atoms with Crippen LogP contribution in [0.5, 0.6) is 0 Å². The van der Waals surface area contributed by atoms with Crippen molar-refractivity contribution in [3.8, 4) is 0 Å². The highest BCUT2D eigenvalue weighted by molar-refractivity contribution is 9.10. The Morgan fingerprint density at radius 3 is 2.43 bits per heavy atom. The first-order chi connectivity index (χ1) is 14.5. The number of nitrogens with one attached hydrogen (secondary N) is 1. The van der Waals surface area contributed by atoms with Crippen LogP contribution in [-0.2, 0) is 11.3 Å². The molecule has 0 radical (unpaired) electrons. The summed E-state index contributed by atoms with van der Waals surface area (Å²) in [6.07, 6.45) is 0. The number of carbonyl (C=O) groups is 1. The molecule has 158 valence electrons. The molecule has 3 aromatic rings. The van der Waals surface area contributed by atoms with Gasteiger partial charge < -0.3 is 14.8 Å². The van der Waals surface area contributed by atoms with Gasteiger partial charge in [-0.25, -0.2) is 0 Å². The van der Waals surface area contributed by atoms with Gasteiger partial charge in [0.1, 0.15) is 6.54 Å². The number of para-hydroxylation sites is 1. The molecule has 0 bridgehead atoms. The lowest BCUT2D eigenvalue weighted by atomic mass is 10.1. The highest BCUT2D eigenvalue weighted by Gasteiger charge is 2.22. The summed E-state index contributed by atoms with van der Waals surface area (Å²) >= 11 is 3.69. The molecule has 30 heavy (non-hydrogen) atoms. The van der Waals surface area contributed by atoms with Crippen LogP contribution in [0, 0.1) is 6.92 Å². The third-order valence-corrected chi connectivity index (χ3v) is 7.03. The fourth-order valence-electron chi connectivity index (χ4n) is 4.18. The van der Waals surface area contributed by atoms with E-state index in [4.69, 9.17) is 0 Å². The number of halogens is 1. The second kappa shape index (κ2) is 9.33. The van der Waals surface area contributed by atoms with Gasteiger partial charge in [-0.3, -0.25) is 9.69 Å². The number of nitrogens with zero attached hydrogens (tertiary/aromatic N) is 3. The van der Waals surface area contributed by atoms with Gasteiger partial charge in [-0.15, -0.1) is 0 Å². The molecular formula is C24H29BrN4O. The molecule has 1 amide bonds. The smallest absolute Gasteiger partial charge is 0.240 e. The van der Waals surface area contributed by atoms with Crippen molar-refractivity contribution < 1.29 is 4.79 Å². The van der Waals surface area contributed by atoms with Crippen molar-refractivity contribution in [3.05, 3.63) is 70.3 Å². The van der Waals surface area contributed by atoms with Crippen molar-refractivity contribution in [1.29, 1.82) is 0 Å². The van der Waals surface area contributed by atoms with Crippen molar-refractivity contribution in [3.63, 3.8) is 0 Å². The molecule has 1 aromatic heterocycles. The van der Waals surface area contributed by atoms with Gasteiger partial charge in [-0.2, -0.15) is 0 Å². The molecule has 1 saturated heterocycles. The SMILES string of the molecule is Cc1c(Br)c2ccccc2n1CC(=O)NC(CN1CCN(C)CC1)c1ccccc1. The van der Waals surface area contributed by atoms with E-state index in [0.717, 1.165) is 59.4 Å². The first kappa shape index (κ1) is 21.1. The predicted octanol–water partition coefficient (Wildman–Crippen LogP) is 3.82. The lowest BCUT2D eigenvalue weighted by molar-refractivity contribution is -0.122. The largest absolute Gasteiger partial charge is 0.346 e. The summed E-state index contributed by atoms with van der Waals surface area (Å²) in [4.78, 5) is 17.9. The number of fused-ring (bicyclic) bond motifs is 1. The van der Waals surface area contributed by atoms with Crippen LogP contribution in [0.3, 0.4) is 0 Å². The Balaban J connectivity index is 1.52. The van der Waals surface area contributed by atoms with Crippen LogP contribution in [0.2, 0.25) is 0 Å². The van der Waals surface area contributed by atoms with Gasteiger partial charge in [0.25, 0.3) is 0 Å². The average Bonchev–Trinajstić information content (AvgIpc) is 3.00. The maximum Gasteiger partial charge on any atom is 0.240 e. The van der Waals surface area contributed by atoms with E-state index in [1.165, 1.54) is 0 Å². The molecule has 1 unspecified atom stereocenters.